The largest absolute Gasteiger partial charge is 0.511 e. The number of hydrogen-bond acceptors (Lipinski definition) is 6. The number of benzene rings is 1. The molecule has 5 aliphatic rings. The summed E-state index contributed by atoms with van der Waals surface area (Å²) in [5.41, 5.74) is 9.25. The van der Waals surface area contributed by atoms with Crippen LogP contribution in [0.1, 0.15) is 119 Å². The number of terminal acetylenes is 2. The van der Waals surface area contributed by atoms with Crippen LogP contribution in [0, 0.1) is 48.4 Å². The van der Waals surface area contributed by atoms with Crippen molar-refractivity contribution in [1.29, 1.82) is 0 Å². The molecule has 2 fully saturated rings. The molecule has 50 heavy (non-hydrogen) atoms. The van der Waals surface area contributed by atoms with Gasteiger partial charge in [-0.15, -0.1) is 19.3 Å². The number of primary amides is 1. The van der Waals surface area contributed by atoms with Crippen molar-refractivity contribution >= 4 is 23.3 Å². The van der Waals surface area contributed by atoms with Crippen molar-refractivity contribution in [2.24, 2.45) is 28.9 Å². The number of unbranched alkanes of at least 4 members (excludes halogenated alkanes) is 1. The number of nitrogens with two attached hydrogens (primary N) is 1. The van der Waals surface area contributed by atoms with Gasteiger partial charge in [-0.2, -0.15) is 0 Å². The smallest absolute Gasteiger partial charge is 0.260 e. The molecule has 2 bridgehead atoms. The Balaban J connectivity index is 0.000000681. The maximum Gasteiger partial charge on any atom is 0.260 e. The molecule has 5 N–H and O–H groups in total. The Hall–Kier alpha value is -3.07. The predicted octanol–water partition coefficient (Wildman–Crippen LogP) is 7.32. The van der Waals surface area contributed by atoms with Crippen molar-refractivity contribution in [3.8, 4) is 25.2 Å². The number of aliphatic hydroxyl groups is 2. The zero-order chi connectivity index (χ0) is 37.4. The minimum atomic E-state index is -1.35. The molecule has 5 aliphatic carbocycles. The van der Waals surface area contributed by atoms with Crippen LogP contribution in [0.3, 0.4) is 0 Å². The second-order valence-corrected chi connectivity index (χ2v) is 15.5. The average molecular weight is 706 g/mol. The average Bonchev–Trinajstić information content (AvgIpc) is 3.88. The number of nitrogens with one attached hydrogen (secondary N) is 1. The normalized spacial score (nSPS) is 24.2. The molecule has 2 saturated carbocycles. The summed E-state index contributed by atoms with van der Waals surface area (Å²) < 4.78 is 0. The van der Waals surface area contributed by atoms with E-state index < -0.39 is 17.4 Å². The van der Waals surface area contributed by atoms with Gasteiger partial charge in [0.15, 0.2) is 5.78 Å². The maximum atomic E-state index is 13.9. The topological polar surface area (TPSA) is 116 Å². The van der Waals surface area contributed by atoms with E-state index >= 15 is 0 Å². The summed E-state index contributed by atoms with van der Waals surface area (Å²) in [7, 11) is 3.75. The van der Waals surface area contributed by atoms with Crippen molar-refractivity contribution in [3.05, 3.63) is 55.8 Å². The van der Waals surface area contributed by atoms with E-state index in [1.54, 1.807) is 6.92 Å². The van der Waals surface area contributed by atoms with Gasteiger partial charge in [-0.05, 0) is 118 Å². The van der Waals surface area contributed by atoms with Gasteiger partial charge in [0.25, 0.3) is 5.91 Å². The van der Waals surface area contributed by atoms with Gasteiger partial charge < -0.3 is 21.3 Å². The van der Waals surface area contributed by atoms with E-state index in [0.717, 1.165) is 53.4 Å². The lowest BCUT2D eigenvalue weighted by Gasteiger charge is -2.48. The highest BCUT2D eigenvalue weighted by Crippen LogP contribution is 2.53. The van der Waals surface area contributed by atoms with Crippen LogP contribution in [0.15, 0.2) is 28.5 Å². The number of rotatable bonds is 11. The van der Waals surface area contributed by atoms with Crippen LogP contribution in [0.25, 0.3) is 0 Å². The van der Waals surface area contributed by atoms with Crippen LogP contribution in [-0.2, 0) is 24.2 Å². The first-order valence-electron chi connectivity index (χ1n) is 18.5. The number of aliphatic hydroxyl groups excluding tert-OH is 1. The highest BCUT2D eigenvalue weighted by molar-refractivity contribution is 6.33. The van der Waals surface area contributed by atoms with E-state index in [4.69, 9.17) is 23.8 Å². The van der Waals surface area contributed by atoms with Crippen molar-refractivity contribution in [1.82, 2.24) is 10.2 Å². The number of ketones is 1. The molecule has 1 amide bonds. The molecule has 0 aromatic heterocycles. The quantitative estimate of drug-likeness (QED) is 0.109. The fraction of sp³-hybridized carbons (Fsp3) is 0.619. The summed E-state index contributed by atoms with van der Waals surface area (Å²) in [5, 5.41) is 26.0. The third-order valence-corrected chi connectivity index (χ3v) is 11.9. The lowest BCUT2D eigenvalue weighted by atomic mass is 9.58. The summed E-state index contributed by atoms with van der Waals surface area (Å²) in [6.45, 7) is 11.4. The van der Waals surface area contributed by atoms with E-state index in [0.29, 0.717) is 35.3 Å². The Bertz CT molecular complexity index is 1520. The SMILES string of the molecule is C#C.C#C/C(C(N)=O)=C(/O)C[C@@H]1C[C@@H]2Cc3c(Cl)c(CN(CC4CC4)CC4(CC)CCC4)cc4c3C(=O)C2=C(C4)[C@@]1(C)O.CCCC.CNC. The first-order valence-corrected chi connectivity index (χ1v) is 18.8. The number of Topliss-reactive ketones (excluding diaryl/α,β-unsaturated/α-hetero) is 1. The summed E-state index contributed by atoms with van der Waals surface area (Å²) in [5.74, 6) is 1.21. The standard InChI is InChI=1S/C34H41ClN2O4.C4H10.C2H7N.C2H2/c1-4-24(32(36)40)27(38)15-23-12-21-13-25-28-20(14-26(33(23,3)41)29(21)31(28)39)11-22(30(25)35)17-37(16-19-7-8-19)18-34(5-2)9-6-10-34;1-3-4-2;1-3-2;1-2/h1,11,19,21,23,38,41H,5-10,12-18H2,2-3H3,(H2,36,40);3-4H2,1-2H3;3H,1-2H3;1-2H/b27-24-;;;/t21-,23+,33+;;;/m1.../s1. The van der Waals surface area contributed by atoms with Crippen LogP contribution in [0.4, 0.5) is 0 Å². The van der Waals surface area contributed by atoms with Crippen LogP contribution < -0.4 is 11.1 Å². The second kappa shape index (κ2) is 17.9. The fourth-order valence-electron chi connectivity index (χ4n) is 8.16. The number of carbonyl (C=O) groups is 2. The zero-order valence-corrected chi connectivity index (χ0v) is 32.0. The predicted molar refractivity (Wildman–Crippen MR) is 205 cm³/mol. The van der Waals surface area contributed by atoms with Crippen LogP contribution in [0.2, 0.25) is 5.02 Å². The summed E-state index contributed by atoms with van der Waals surface area (Å²) in [6, 6.07) is 2.11. The van der Waals surface area contributed by atoms with Gasteiger partial charge in [0, 0.05) is 42.2 Å². The molecule has 0 saturated heterocycles. The molecule has 0 radical (unpaired) electrons. The Morgan fingerprint density at radius 1 is 1.18 bits per heavy atom. The van der Waals surface area contributed by atoms with Gasteiger partial charge in [0.1, 0.15) is 11.3 Å². The number of allylic oxidation sites excluding steroid dienone is 2. The molecular formula is C42H60ClN3O4. The number of halogens is 1. The van der Waals surface area contributed by atoms with Gasteiger partial charge in [-0.3, -0.25) is 14.5 Å². The van der Waals surface area contributed by atoms with Crippen LogP contribution >= 0.6 is 11.6 Å². The molecule has 0 spiro atoms. The number of nitrogens with zero attached hydrogens (tertiary/aromatic N) is 1. The number of amides is 1. The Morgan fingerprint density at radius 2 is 1.80 bits per heavy atom. The minimum Gasteiger partial charge on any atom is -0.511 e. The first-order chi connectivity index (χ1) is 23.8. The van der Waals surface area contributed by atoms with E-state index in [1.165, 1.54) is 51.4 Å². The molecule has 0 aliphatic heterocycles. The molecule has 8 heteroatoms. The third kappa shape index (κ3) is 8.86. The summed E-state index contributed by atoms with van der Waals surface area (Å²) >= 11 is 7.17. The Labute approximate surface area is 306 Å². The fourth-order valence-corrected chi connectivity index (χ4v) is 8.45. The van der Waals surface area contributed by atoms with Crippen molar-refractivity contribution in [3.63, 3.8) is 0 Å². The van der Waals surface area contributed by atoms with Gasteiger partial charge in [-0.1, -0.05) is 63.6 Å². The van der Waals surface area contributed by atoms with E-state index in [-0.39, 0.29) is 29.5 Å². The lowest BCUT2D eigenvalue weighted by Crippen LogP contribution is -2.49. The van der Waals surface area contributed by atoms with E-state index in [2.05, 4.69) is 55.8 Å². The van der Waals surface area contributed by atoms with Crippen molar-refractivity contribution < 1.29 is 19.8 Å². The van der Waals surface area contributed by atoms with Gasteiger partial charge >= 0.3 is 0 Å². The van der Waals surface area contributed by atoms with Gasteiger partial charge in [0.2, 0.25) is 0 Å². The highest BCUT2D eigenvalue weighted by Gasteiger charge is 2.51. The summed E-state index contributed by atoms with van der Waals surface area (Å²) in [6.07, 6.45) is 25.3. The second-order valence-electron chi connectivity index (χ2n) is 15.1. The number of hydrogen-bond donors (Lipinski definition) is 4. The minimum absolute atomic E-state index is 0.00598. The summed E-state index contributed by atoms with van der Waals surface area (Å²) in [4.78, 5) is 28.2. The van der Waals surface area contributed by atoms with Gasteiger partial charge in [0.05, 0.1) is 5.60 Å². The lowest BCUT2D eigenvalue weighted by molar-refractivity contribution is -0.114. The van der Waals surface area contributed by atoms with Crippen molar-refractivity contribution in [2.75, 3.05) is 27.2 Å². The molecule has 1 aromatic carbocycles. The molecule has 1 aromatic rings. The highest BCUT2D eigenvalue weighted by atomic mass is 35.5. The molecule has 274 valence electrons. The number of carbonyl (C=O) groups excluding carboxylic acids is 2. The van der Waals surface area contributed by atoms with Crippen molar-refractivity contribution in [2.45, 2.75) is 117 Å². The Morgan fingerprint density at radius 3 is 2.28 bits per heavy atom. The Kier molecular flexibility index (Phi) is 14.8. The van der Waals surface area contributed by atoms with E-state index in [1.807, 2.05) is 14.1 Å². The molecule has 0 heterocycles. The van der Waals surface area contributed by atoms with Crippen LogP contribution in [-0.4, -0.2) is 59.6 Å². The molecule has 7 nitrogen and oxygen atoms in total. The monoisotopic (exact) mass is 705 g/mol. The molecule has 0 unspecified atom stereocenters. The van der Waals surface area contributed by atoms with Crippen LogP contribution in [0.5, 0.6) is 0 Å². The molecule has 6 rings (SSSR count). The van der Waals surface area contributed by atoms with E-state index in [9.17, 15) is 19.8 Å². The molecular weight excluding hydrogens is 646 g/mol. The van der Waals surface area contributed by atoms with Gasteiger partial charge in [-0.25, -0.2) is 0 Å². The maximum absolute atomic E-state index is 13.9. The zero-order valence-electron chi connectivity index (χ0n) is 31.3. The first kappa shape index (κ1) is 41.4. The molecule has 3 atom stereocenters. The third-order valence-electron chi connectivity index (χ3n) is 11.5.